The molecule has 4 N–H and O–H groups in total. The molecular formula is C23H18N4O5S. The van der Waals surface area contributed by atoms with Gasteiger partial charge in [-0.15, -0.1) is 4.40 Å². The minimum Gasteiger partial charge on any atom is -0.506 e. The van der Waals surface area contributed by atoms with E-state index in [1.54, 1.807) is 30.3 Å². The zero-order valence-electron chi connectivity index (χ0n) is 17.1. The lowest BCUT2D eigenvalue weighted by atomic mass is 10.1. The lowest BCUT2D eigenvalue weighted by Crippen LogP contribution is -2.35. The second-order valence-electron chi connectivity index (χ2n) is 7.39. The van der Waals surface area contributed by atoms with Crippen LogP contribution in [-0.2, 0) is 16.6 Å². The van der Waals surface area contributed by atoms with Crippen molar-refractivity contribution >= 4 is 32.4 Å². The lowest BCUT2D eigenvalue weighted by molar-refractivity contribution is 0.305. The SMILES string of the molecule is Nn1c(=O)c(C2=NS(=O)(=O)c3cc(OCc4ccccc4)ccc3N2)c(O)c2ccccc21. The first kappa shape index (κ1) is 20.6. The molecule has 0 unspecified atom stereocenters. The van der Waals surface area contributed by atoms with Crippen LogP contribution in [0.5, 0.6) is 11.5 Å². The fourth-order valence-electron chi connectivity index (χ4n) is 3.64. The van der Waals surface area contributed by atoms with Crippen molar-refractivity contribution in [3.05, 3.63) is 94.3 Å². The first-order valence-corrected chi connectivity index (χ1v) is 11.3. The van der Waals surface area contributed by atoms with Crippen LogP contribution in [0, 0.1) is 0 Å². The average molecular weight is 462 g/mol. The maximum Gasteiger partial charge on any atom is 0.286 e. The molecule has 1 aliphatic rings. The van der Waals surface area contributed by atoms with Crippen LogP contribution in [0.15, 0.2) is 86.9 Å². The molecule has 0 radical (unpaired) electrons. The number of nitrogens with one attached hydrogen (secondary N) is 1. The van der Waals surface area contributed by atoms with Crippen LogP contribution in [0.2, 0.25) is 0 Å². The van der Waals surface area contributed by atoms with Gasteiger partial charge in [0.05, 0.1) is 11.2 Å². The number of fused-ring (bicyclic) bond motifs is 2. The number of ether oxygens (including phenoxy) is 1. The Labute approximate surface area is 188 Å². The fourth-order valence-corrected chi connectivity index (χ4v) is 4.78. The van der Waals surface area contributed by atoms with Gasteiger partial charge < -0.3 is 21.0 Å². The molecule has 0 fully saturated rings. The summed E-state index contributed by atoms with van der Waals surface area (Å²) in [5.74, 6) is 5.52. The normalized spacial score (nSPS) is 14.2. The van der Waals surface area contributed by atoms with Crippen molar-refractivity contribution in [1.29, 1.82) is 0 Å². The molecule has 1 aliphatic heterocycles. The quantitative estimate of drug-likeness (QED) is 0.397. The molecule has 1 aromatic heterocycles. The van der Waals surface area contributed by atoms with Crippen molar-refractivity contribution in [3.63, 3.8) is 0 Å². The minimum absolute atomic E-state index is 0.106. The predicted molar refractivity (Wildman–Crippen MR) is 125 cm³/mol. The van der Waals surface area contributed by atoms with Gasteiger partial charge in [0, 0.05) is 11.5 Å². The third-order valence-electron chi connectivity index (χ3n) is 5.27. The molecule has 0 aliphatic carbocycles. The first-order valence-electron chi connectivity index (χ1n) is 9.90. The highest BCUT2D eigenvalue weighted by Crippen LogP contribution is 2.34. The number of aromatic hydroxyl groups is 1. The van der Waals surface area contributed by atoms with Crippen LogP contribution in [-0.4, -0.2) is 24.0 Å². The average Bonchev–Trinajstić information content (AvgIpc) is 2.82. The number of anilines is 1. The molecule has 0 saturated heterocycles. The van der Waals surface area contributed by atoms with Crippen LogP contribution in [0.3, 0.4) is 0 Å². The number of nitrogen functional groups attached to an aromatic ring is 1. The molecule has 0 atom stereocenters. The molecular weight excluding hydrogens is 444 g/mol. The molecule has 0 spiro atoms. The number of amidine groups is 1. The Bertz CT molecular complexity index is 1590. The van der Waals surface area contributed by atoms with Gasteiger partial charge >= 0.3 is 0 Å². The summed E-state index contributed by atoms with van der Waals surface area (Å²) >= 11 is 0. The molecule has 4 aromatic rings. The van der Waals surface area contributed by atoms with E-state index in [0.29, 0.717) is 11.3 Å². The highest BCUT2D eigenvalue weighted by molar-refractivity contribution is 7.90. The second-order valence-corrected chi connectivity index (χ2v) is 8.96. The van der Waals surface area contributed by atoms with Crippen molar-refractivity contribution in [2.24, 2.45) is 4.40 Å². The smallest absolute Gasteiger partial charge is 0.286 e. The molecule has 9 nitrogen and oxygen atoms in total. The van der Waals surface area contributed by atoms with E-state index in [9.17, 15) is 18.3 Å². The highest BCUT2D eigenvalue weighted by atomic mass is 32.2. The standard InChI is InChI=1S/C23H18N4O5S/c24-27-18-9-5-4-8-16(18)21(28)20(23(27)29)22-25-17-11-10-15(12-19(17)33(30,31)26-22)32-13-14-6-2-1-3-7-14/h1-12,28H,13,24H2,(H,25,26). The Morgan fingerprint density at radius 2 is 1.76 bits per heavy atom. The third-order valence-corrected chi connectivity index (χ3v) is 6.59. The van der Waals surface area contributed by atoms with Crippen molar-refractivity contribution in [1.82, 2.24) is 4.68 Å². The van der Waals surface area contributed by atoms with Crippen molar-refractivity contribution in [2.45, 2.75) is 11.5 Å². The number of aromatic nitrogens is 1. The number of hydrogen-bond acceptors (Lipinski definition) is 7. The number of sulfonamides is 1. The second kappa shape index (κ2) is 7.68. The predicted octanol–water partition coefficient (Wildman–Crippen LogP) is 2.56. The Hall–Kier alpha value is -4.31. The Kier molecular flexibility index (Phi) is 4.79. The van der Waals surface area contributed by atoms with E-state index in [1.165, 1.54) is 12.1 Å². The number of para-hydroxylation sites is 1. The maximum atomic E-state index is 12.9. The van der Waals surface area contributed by atoms with Crippen LogP contribution >= 0.6 is 0 Å². The topological polar surface area (TPSA) is 136 Å². The van der Waals surface area contributed by atoms with E-state index >= 15 is 0 Å². The number of benzene rings is 3. The molecule has 0 bridgehead atoms. The van der Waals surface area contributed by atoms with Gasteiger partial charge in [-0.1, -0.05) is 42.5 Å². The van der Waals surface area contributed by atoms with Gasteiger partial charge in [0.2, 0.25) is 0 Å². The van der Waals surface area contributed by atoms with Crippen molar-refractivity contribution < 1.29 is 18.3 Å². The van der Waals surface area contributed by atoms with Gasteiger partial charge in [0.15, 0.2) is 5.84 Å². The van der Waals surface area contributed by atoms with Crippen LogP contribution < -0.4 is 21.5 Å². The maximum absolute atomic E-state index is 12.9. The Morgan fingerprint density at radius 3 is 2.55 bits per heavy atom. The van der Waals surface area contributed by atoms with Crippen LogP contribution in [0.25, 0.3) is 10.9 Å². The largest absolute Gasteiger partial charge is 0.506 e. The lowest BCUT2D eigenvalue weighted by Gasteiger charge is -2.20. The third kappa shape index (κ3) is 3.56. The van der Waals surface area contributed by atoms with Gasteiger partial charge in [-0.05, 0) is 29.8 Å². The first-order chi connectivity index (χ1) is 15.8. The molecule has 166 valence electrons. The van der Waals surface area contributed by atoms with E-state index in [-0.39, 0.29) is 34.0 Å². The molecule has 0 saturated carbocycles. The van der Waals surface area contributed by atoms with Gasteiger partial charge in [-0.3, -0.25) is 4.79 Å². The summed E-state index contributed by atoms with van der Waals surface area (Å²) in [6, 6.07) is 20.4. The summed E-state index contributed by atoms with van der Waals surface area (Å²) < 4.78 is 36.2. The number of pyridine rings is 1. The zero-order valence-corrected chi connectivity index (χ0v) is 17.9. The number of nitrogens with zero attached hydrogens (tertiary/aromatic N) is 2. The van der Waals surface area contributed by atoms with Gasteiger partial charge in [-0.2, -0.15) is 8.42 Å². The van der Waals surface area contributed by atoms with E-state index < -0.39 is 21.3 Å². The minimum atomic E-state index is -4.20. The van der Waals surface area contributed by atoms with E-state index in [4.69, 9.17) is 10.6 Å². The number of nitrogens with two attached hydrogens (primary N) is 1. The molecule has 10 heteroatoms. The summed E-state index contributed by atoms with van der Waals surface area (Å²) in [5.41, 5.74) is 0.293. The summed E-state index contributed by atoms with van der Waals surface area (Å²) in [5, 5.41) is 13.9. The molecule has 33 heavy (non-hydrogen) atoms. The van der Waals surface area contributed by atoms with Gasteiger partial charge in [0.1, 0.15) is 28.6 Å². The summed E-state index contributed by atoms with van der Waals surface area (Å²) in [7, 11) is -4.20. The van der Waals surface area contributed by atoms with Gasteiger partial charge in [-0.25, -0.2) is 4.68 Å². The summed E-state index contributed by atoms with van der Waals surface area (Å²) in [6.07, 6.45) is 0. The number of hydrogen-bond donors (Lipinski definition) is 3. The monoisotopic (exact) mass is 462 g/mol. The van der Waals surface area contributed by atoms with Crippen LogP contribution in [0.4, 0.5) is 5.69 Å². The summed E-state index contributed by atoms with van der Waals surface area (Å²) in [6.45, 7) is 0.266. The molecule has 2 heterocycles. The molecule has 0 amide bonds. The number of rotatable bonds is 4. The van der Waals surface area contributed by atoms with Crippen molar-refractivity contribution in [2.75, 3.05) is 11.2 Å². The van der Waals surface area contributed by atoms with E-state index in [2.05, 4.69) is 9.71 Å². The van der Waals surface area contributed by atoms with Crippen molar-refractivity contribution in [3.8, 4) is 11.5 Å². The molecule has 5 rings (SSSR count). The summed E-state index contributed by atoms with van der Waals surface area (Å²) in [4.78, 5) is 12.7. The molecule has 3 aromatic carbocycles. The fraction of sp³-hybridized carbons (Fsp3) is 0.0435. The van der Waals surface area contributed by atoms with E-state index in [1.807, 2.05) is 30.3 Å². The van der Waals surface area contributed by atoms with Crippen LogP contribution in [0.1, 0.15) is 11.1 Å². The van der Waals surface area contributed by atoms with E-state index in [0.717, 1.165) is 10.2 Å². The Morgan fingerprint density at radius 1 is 1.03 bits per heavy atom. The van der Waals surface area contributed by atoms with Gasteiger partial charge in [0.25, 0.3) is 15.6 Å². The highest BCUT2D eigenvalue weighted by Gasteiger charge is 2.30. The Balaban J connectivity index is 1.54. The zero-order chi connectivity index (χ0) is 23.2.